The molecule has 0 bridgehead atoms. The highest BCUT2D eigenvalue weighted by atomic mass is 19.1. The Kier molecular flexibility index (Phi) is 6.45. The summed E-state index contributed by atoms with van der Waals surface area (Å²) in [5, 5.41) is 3.13. The molecule has 0 aliphatic carbocycles. The van der Waals surface area contributed by atoms with Gasteiger partial charge in [-0.15, -0.1) is 0 Å². The zero-order valence-electron chi connectivity index (χ0n) is 16.0. The molecule has 1 saturated heterocycles. The molecular weight excluding hydrogens is 343 g/mol. The van der Waals surface area contributed by atoms with Crippen LogP contribution in [0, 0.1) is 11.7 Å². The van der Waals surface area contributed by atoms with Crippen molar-refractivity contribution < 1.29 is 13.9 Å². The summed E-state index contributed by atoms with van der Waals surface area (Å²) >= 11 is 0. The number of ether oxygens (including phenoxy) is 1. The van der Waals surface area contributed by atoms with Gasteiger partial charge in [-0.1, -0.05) is 30.3 Å². The molecule has 1 atom stereocenters. The average Bonchev–Trinajstić information content (AvgIpc) is 2.70. The van der Waals surface area contributed by atoms with Gasteiger partial charge in [-0.25, -0.2) is 4.39 Å². The zero-order valence-corrected chi connectivity index (χ0v) is 16.0. The fourth-order valence-electron chi connectivity index (χ4n) is 3.63. The van der Waals surface area contributed by atoms with Crippen LogP contribution in [0.3, 0.4) is 0 Å². The quantitative estimate of drug-likeness (QED) is 0.838. The summed E-state index contributed by atoms with van der Waals surface area (Å²) < 4.78 is 18.4. The number of hydrogen-bond donors (Lipinski definition) is 1. The summed E-state index contributed by atoms with van der Waals surface area (Å²) in [5.41, 5.74) is 2.09. The summed E-state index contributed by atoms with van der Waals surface area (Å²) in [7, 11) is 1.64. The number of benzene rings is 2. The van der Waals surface area contributed by atoms with Gasteiger partial charge in [0, 0.05) is 18.0 Å². The first-order valence-corrected chi connectivity index (χ1v) is 9.47. The lowest BCUT2D eigenvalue weighted by Crippen LogP contribution is -2.40. The molecule has 2 aromatic carbocycles. The number of piperidine rings is 1. The molecule has 0 aromatic heterocycles. The van der Waals surface area contributed by atoms with Gasteiger partial charge in [0.1, 0.15) is 11.6 Å². The van der Waals surface area contributed by atoms with E-state index in [4.69, 9.17) is 4.74 Å². The molecule has 5 heteroatoms. The molecule has 0 spiro atoms. The Morgan fingerprint density at radius 3 is 2.52 bits per heavy atom. The number of nitrogens with one attached hydrogen (secondary N) is 1. The SMILES string of the molecule is COc1ccccc1[C@@H](C)NC(=O)C1CCN(Cc2ccc(F)cc2)CC1. The molecule has 1 N–H and O–H groups in total. The number of rotatable bonds is 6. The molecule has 1 fully saturated rings. The number of nitrogens with zero attached hydrogens (tertiary/aromatic N) is 1. The molecule has 2 aromatic rings. The number of amides is 1. The average molecular weight is 370 g/mol. The Balaban J connectivity index is 1.50. The minimum Gasteiger partial charge on any atom is -0.496 e. The van der Waals surface area contributed by atoms with Gasteiger partial charge in [0.15, 0.2) is 0 Å². The smallest absolute Gasteiger partial charge is 0.223 e. The second-order valence-corrected chi connectivity index (χ2v) is 7.15. The predicted molar refractivity (Wildman–Crippen MR) is 104 cm³/mol. The van der Waals surface area contributed by atoms with Crippen LogP contribution in [-0.4, -0.2) is 31.0 Å². The van der Waals surface area contributed by atoms with Crippen LogP contribution >= 0.6 is 0 Å². The van der Waals surface area contributed by atoms with Crippen LogP contribution in [0.5, 0.6) is 5.75 Å². The molecule has 1 amide bonds. The van der Waals surface area contributed by atoms with Gasteiger partial charge in [-0.2, -0.15) is 0 Å². The van der Waals surface area contributed by atoms with Gasteiger partial charge in [-0.05, 0) is 56.6 Å². The molecule has 144 valence electrons. The largest absolute Gasteiger partial charge is 0.496 e. The van der Waals surface area contributed by atoms with Gasteiger partial charge in [-0.3, -0.25) is 9.69 Å². The second-order valence-electron chi connectivity index (χ2n) is 7.15. The van der Waals surface area contributed by atoms with Crippen molar-refractivity contribution in [2.45, 2.75) is 32.4 Å². The van der Waals surface area contributed by atoms with Gasteiger partial charge in [0.25, 0.3) is 0 Å². The van der Waals surface area contributed by atoms with E-state index in [1.54, 1.807) is 7.11 Å². The van der Waals surface area contributed by atoms with E-state index in [1.807, 2.05) is 43.3 Å². The molecule has 4 nitrogen and oxygen atoms in total. The summed E-state index contributed by atoms with van der Waals surface area (Å²) in [6.45, 7) is 4.53. The highest BCUT2D eigenvalue weighted by Gasteiger charge is 2.26. The van der Waals surface area contributed by atoms with Crippen LogP contribution in [0.4, 0.5) is 4.39 Å². The third-order valence-corrected chi connectivity index (χ3v) is 5.24. The number of carbonyl (C=O) groups is 1. The Morgan fingerprint density at radius 1 is 1.19 bits per heavy atom. The van der Waals surface area contributed by atoms with E-state index in [0.717, 1.165) is 49.4 Å². The number of likely N-dealkylation sites (tertiary alicyclic amines) is 1. The molecule has 1 heterocycles. The van der Waals surface area contributed by atoms with Gasteiger partial charge < -0.3 is 10.1 Å². The first-order chi connectivity index (χ1) is 13.1. The lowest BCUT2D eigenvalue weighted by molar-refractivity contribution is -0.127. The van der Waals surface area contributed by atoms with Gasteiger partial charge in [0.2, 0.25) is 5.91 Å². The first kappa shape index (κ1) is 19.4. The molecule has 0 unspecified atom stereocenters. The van der Waals surface area contributed by atoms with Crippen LogP contribution in [-0.2, 0) is 11.3 Å². The minimum atomic E-state index is -0.210. The molecule has 0 radical (unpaired) electrons. The van der Waals surface area contributed by atoms with E-state index in [2.05, 4.69) is 10.2 Å². The van der Waals surface area contributed by atoms with Crippen molar-refractivity contribution in [2.24, 2.45) is 5.92 Å². The molecular formula is C22H27FN2O2. The van der Waals surface area contributed by atoms with E-state index < -0.39 is 0 Å². The Labute approximate surface area is 160 Å². The van der Waals surface area contributed by atoms with E-state index in [0.29, 0.717) is 0 Å². The van der Waals surface area contributed by atoms with E-state index in [1.165, 1.54) is 12.1 Å². The van der Waals surface area contributed by atoms with Crippen LogP contribution in [0.15, 0.2) is 48.5 Å². The maximum absolute atomic E-state index is 13.0. The van der Waals surface area contributed by atoms with Gasteiger partial charge in [0.05, 0.1) is 13.2 Å². The Hall–Kier alpha value is -2.40. The number of halogens is 1. The maximum atomic E-state index is 13.0. The van der Waals surface area contributed by atoms with E-state index >= 15 is 0 Å². The van der Waals surface area contributed by atoms with E-state index in [9.17, 15) is 9.18 Å². The number of para-hydroxylation sites is 1. The zero-order chi connectivity index (χ0) is 19.2. The molecule has 1 aliphatic rings. The van der Waals surface area contributed by atoms with E-state index in [-0.39, 0.29) is 23.7 Å². The minimum absolute atomic E-state index is 0.0339. The lowest BCUT2D eigenvalue weighted by Gasteiger charge is -2.32. The standard InChI is InChI=1S/C22H27FN2O2/c1-16(20-5-3-4-6-21(20)27-2)24-22(26)18-11-13-25(14-12-18)15-17-7-9-19(23)10-8-17/h3-10,16,18H,11-15H2,1-2H3,(H,24,26)/t16-/m1/s1. The van der Waals surface area contributed by atoms with Crippen molar-refractivity contribution >= 4 is 5.91 Å². The molecule has 3 rings (SSSR count). The van der Waals surface area contributed by atoms with Crippen molar-refractivity contribution in [3.05, 3.63) is 65.5 Å². The predicted octanol–water partition coefficient (Wildman–Crippen LogP) is 3.92. The molecule has 0 saturated carbocycles. The van der Waals surface area contributed by atoms with Crippen LogP contribution < -0.4 is 10.1 Å². The summed E-state index contributed by atoms with van der Waals surface area (Å²) in [4.78, 5) is 15.0. The van der Waals surface area contributed by atoms with Gasteiger partial charge >= 0.3 is 0 Å². The highest BCUT2D eigenvalue weighted by molar-refractivity contribution is 5.79. The van der Waals surface area contributed by atoms with Crippen LogP contribution in [0.2, 0.25) is 0 Å². The topological polar surface area (TPSA) is 41.6 Å². The Bertz CT molecular complexity index is 755. The fourth-order valence-corrected chi connectivity index (χ4v) is 3.63. The number of methoxy groups -OCH3 is 1. The Morgan fingerprint density at radius 2 is 1.85 bits per heavy atom. The van der Waals surface area contributed by atoms with Crippen molar-refractivity contribution in [3.8, 4) is 5.75 Å². The second kappa shape index (κ2) is 9.00. The van der Waals surface area contributed by atoms with Crippen molar-refractivity contribution in [3.63, 3.8) is 0 Å². The normalized spacial score (nSPS) is 16.7. The monoisotopic (exact) mass is 370 g/mol. The third kappa shape index (κ3) is 5.07. The summed E-state index contributed by atoms with van der Waals surface area (Å²) in [5.74, 6) is 0.721. The lowest BCUT2D eigenvalue weighted by atomic mass is 9.94. The maximum Gasteiger partial charge on any atom is 0.223 e. The number of carbonyl (C=O) groups excluding carboxylic acids is 1. The summed E-state index contributed by atoms with van der Waals surface area (Å²) in [6, 6.07) is 14.3. The first-order valence-electron chi connectivity index (χ1n) is 9.47. The van der Waals surface area contributed by atoms with Crippen molar-refractivity contribution in [1.82, 2.24) is 10.2 Å². The van der Waals surface area contributed by atoms with Crippen LogP contribution in [0.1, 0.15) is 36.9 Å². The van der Waals surface area contributed by atoms with Crippen LogP contribution in [0.25, 0.3) is 0 Å². The van der Waals surface area contributed by atoms with Crippen molar-refractivity contribution in [2.75, 3.05) is 20.2 Å². The molecule has 1 aliphatic heterocycles. The third-order valence-electron chi connectivity index (χ3n) is 5.24. The summed E-state index contributed by atoms with van der Waals surface area (Å²) in [6.07, 6.45) is 1.68. The highest BCUT2D eigenvalue weighted by Crippen LogP contribution is 2.26. The fraction of sp³-hybridized carbons (Fsp3) is 0.409. The molecule has 27 heavy (non-hydrogen) atoms. The van der Waals surface area contributed by atoms with Crippen molar-refractivity contribution in [1.29, 1.82) is 0 Å². The number of hydrogen-bond acceptors (Lipinski definition) is 3.